The van der Waals surface area contributed by atoms with E-state index in [1.165, 1.54) is 12.1 Å². The van der Waals surface area contributed by atoms with Crippen LogP contribution in [-0.2, 0) is 6.54 Å². The van der Waals surface area contributed by atoms with Gasteiger partial charge in [0.25, 0.3) is 0 Å². The summed E-state index contributed by atoms with van der Waals surface area (Å²) < 4.78 is 18.7. The molecule has 1 heterocycles. The lowest BCUT2D eigenvalue weighted by molar-refractivity contribution is 0.474. The van der Waals surface area contributed by atoms with Crippen molar-refractivity contribution in [3.8, 4) is 11.5 Å². The van der Waals surface area contributed by atoms with E-state index in [0.29, 0.717) is 18.0 Å². The Morgan fingerprint density at radius 3 is 2.83 bits per heavy atom. The minimum Gasteiger partial charge on any atom is -0.457 e. The van der Waals surface area contributed by atoms with E-state index in [1.54, 1.807) is 18.3 Å². The van der Waals surface area contributed by atoms with Crippen molar-refractivity contribution in [1.29, 1.82) is 0 Å². The number of benzene rings is 1. The Kier molecular flexibility index (Phi) is 3.89. The molecule has 0 fully saturated rings. The molecule has 0 aliphatic rings. The Morgan fingerprint density at radius 1 is 1.28 bits per heavy atom. The van der Waals surface area contributed by atoms with Crippen LogP contribution in [0.3, 0.4) is 0 Å². The second-order valence-corrected chi connectivity index (χ2v) is 4.03. The number of pyridine rings is 1. The molecule has 0 unspecified atom stereocenters. The molecule has 3 nitrogen and oxygen atoms in total. The molecule has 1 aromatic heterocycles. The van der Waals surface area contributed by atoms with Crippen molar-refractivity contribution in [3.63, 3.8) is 0 Å². The summed E-state index contributed by atoms with van der Waals surface area (Å²) in [5.41, 5.74) is 1.66. The number of nitrogens with one attached hydrogen (secondary N) is 1. The summed E-state index contributed by atoms with van der Waals surface area (Å²) in [6.45, 7) is 2.49. The Bertz CT molecular complexity index is 543. The molecule has 18 heavy (non-hydrogen) atoms. The van der Waals surface area contributed by atoms with Crippen LogP contribution in [0.4, 0.5) is 4.39 Å². The molecule has 4 heteroatoms. The molecule has 0 saturated carbocycles. The van der Waals surface area contributed by atoms with Gasteiger partial charge >= 0.3 is 0 Å². The number of hydrogen-bond donors (Lipinski definition) is 1. The summed E-state index contributed by atoms with van der Waals surface area (Å²) in [6.07, 6.45) is 1.70. The number of aryl methyl sites for hydroxylation is 1. The van der Waals surface area contributed by atoms with Crippen molar-refractivity contribution in [1.82, 2.24) is 10.3 Å². The van der Waals surface area contributed by atoms with Crippen molar-refractivity contribution in [2.45, 2.75) is 13.5 Å². The minimum absolute atomic E-state index is 0.259. The van der Waals surface area contributed by atoms with Crippen LogP contribution in [0.2, 0.25) is 0 Å². The number of aromatic nitrogens is 1. The molecule has 1 aromatic carbocycles. The zero-order valence-electron chi connectivity index (χ0n) is 10.4. The number of hydrogen-bond acceptors (Lipinski definition) is 3. The first-order valence-electron chi connectivity index (χ1n) is 5.72. The minimum atomic E-state index is -0.259. The van der Waals surface area contributed by atoms with E-state index in [4.69, 9.17) is 4.74 Å². The maximum Gasteiger partial charge on any atom is 0.130 e. The third-order valence-electron chi connectivity index (χ3n) is 2.51. The molecule has 0 amide bonds. The zero-order chi connectivity index (χ0) is 13.0. The average molecular weight is 246 g/mol. The predicted octanol–water partition coefficient (Wildman–Crippen LogP) is 3.04. The first-order chi connectivity index (χ1) is 8.69. The summed E-state index contributed by atoms with van der Waals surface area (Å²) >= 11 is 0. The molecule has 0 saturated heterocycles. The molecule has 0 radical (unpaired) electrons. The van der Waals surface area contributed by atoms with Crippen LogP contribution in [0.1, 0.15) is 11.3 Å². The molecule has 0 bridgehead atoms. The van der Waals surface area contributed by atoms with Gasteiger partial charge in [-0.25, -0.2) is 4.39 Å². The van der Waals surface area contributed by atoms with Crippen LogP contribution in [-0.4, -0.2) is 12.0 Å². The van der Waals surface area contributed by atoms with E-state index < -0.39 is 0 Å². The molecule has 2 aromatic rings. The highest BCUT2D eigenvalue weighted by molar-refractivity contribution is 5.37. The SMILES string of the molecule is CNCc1cc(Oc2ccc(F)cc2C)ccn1. The van der Waals surface area contributed by atoms with Gasteiger partial charge in [0.1, 0.15) is 17.3 Å². The van der Waals surface area contributed by atoms with Crippen molar-refractivity contribution in [2.24, 2.45) is 0 Å². The number of rotatable bonds is 4. The van der Waals surface area contributed by atoms with Crippen molar-refractivity contribution < 1.29 is 9.13 Å². The monoisotopic (exact) mass is 246 g/mol. The van der Waals surface area contributed by atoms with E-state index in [0.717, 1.165) is 11.3 Å². The second kappa shape index (κ2) is 5.60. The molecule has 94 valence electrons. The Balaban J connectivity index is 2.20. The smallest absolute Gasteiger partial charge is 0.130 e. The summed E-state index contributed by atoms with van der Waals surface area (Å²) in [6, 6.07) is 8.10. The fourth-order valence-electron chi connectivity index (χ4n) is 1.65. The van der Waals surface area contributed by atoms with Gasteiger partial charge in [-0.05, 0) is 43.8 Å². The van der Waals surface area contributed by atoms with E-state index in [9.17, 15) is 4.39 Å². The Hall–Kier alpha value is -1.94. The predicted molar refractivity (Wildman–Crippen MR) is 68.2 cm³/mol. The highest BCUT2D eigenvalue weighted by Crippen LogP contribution is 2.25. The summed E-state index contributed by atoms with van der Waals surface area (Å²) in [4.78, 5) is 4.20. The highest BCUT2D eigenvalue weighted by Gasteiger charge is 2.04. The molecule has 1 N–H and O–H groups in total. The second-order valence-electron chi connectivity index (χ2n) is 4.03. The van der Waals surface area contributed by atoms with Crippen LogP contribution < -0.4 is 10.1 Å². The zero-order valence-corrected chi connectivity index (χ0v) is 10.4. The molecular formula is C14H15FN2O. The van der Waals surface area contributed by atoms with Crippen LogP contribution in [0, 0.1) is 12.7 Å². The van der Waals surface area contributed by atoms with Crippen molar-refractivity contribution in [2.75, 3.05) is 7.05 Å². The van der Waals surface area contributed by atoms with Crippen LogP contribution in [0.25, 0.3) is 0 Å². The third-order valence-corrected chi connectivity index (χ3v) is 2.51. The van der Waals surface area contributed by atoms with E-state index in [1.807, 2.05) is 20.0 Å². The molecule has 0 atom stereocenters. The maximum atomic E-state index is 13.0. The third kappa shape index (κ3) is 3.05. The molecule has 0 spiro atoms. The van der Waals surface area contributed by atoms with Crippen molar-refractivity contribution in [3.05, 3.63) is 53.6 Å². The van der Waals surface area contributed by atoms with E-state index in [2.05, 4.69) is 10.3 Å². The largest absolute Gasteiger partial charge is 0.457 e. The average Bonchev–Trinajstić information content (AvgIpc) is 2.34. The van der Waals surface area contributed by atoms with Crippen LogP contribution in [0.5, 0.6) is 11.5 Å². The van der Waals surface area contributed by atoms with Gasteiger partial charge < -0.3 is 10.1 Å². The molecule has 0 aliphatic heterocycles. The van der Waals surface area contributed by atoms with Crippen LogP contribution >= 0.6 is 0 Å². The Labute approximate surface area is 106 Å². The van der Waals surface area contributed by atoms with E-state index in [-0.39, 0.29) is 5.82 Å². The fourth-order valence-corrected chi connectivity index (χ4v) is 1.65. The van der Waals surface area contributed by atoms with Gasteiger partial charge in [0.15, 0.2) is 0 Å². The van der Waals surface area contributed by atoms with Gasteiger partial charge in [-0.3, -0.25) is 4.98 Å². The van der Waals surface area contributed by atoms with Gasteiger partial charge in [-0.1, -0.05) is 0 Å². The first-order valence-corrected chi connectivity index (χ1v) is 5.72. The summed E-state index contributed by atoms with van der Waals surface area (Å²) in [5.74, 6) is 1.09. The standard InChI is InChI=1S/C14H15FN2O/c1-10-7-11(15)3-4-14(10)18-13-5-6-17-12(8-13)9-16-2/h3-8,16H,9H2,1-2H3. The Morgan fingerprint density at radius 2 is 2.11 bits per heavy atom. The van der Waals surface area contributed by atoms with Gasteiger partial charge in [0.05, 0.1) is 5.69 Å². The van der Waals surface area contributed by atoms with Gasteiger partial charge in [0.2, 0.25) is 0 Å². The van der Waals surface area contributed by atoms with E-state index >= 15 is 0 Å². The maximum absolute atomic E-state index is 13.0. The lowest BCUT2D eigenvalue weighted by Crippen LogP contribution is -2.06. The lowest BCUT2D eigenvalue weighted by atomic mass is 10.2. The van der Waals surface area contributed by atoms with Crippen LogP contribution in [0.15, 0.2) is 36.5 Å². The molecular weight excluding hydrogens is 231 g/mol. The first kappa shape index (κ1) is 12.5. The summed E-state index contributed by atoms with van der Waals surface area (Å²) in [7, 11) is 1.86. The summed E-state index contributed by atoms with van der Waals surface area (Å²) in [5, 5.41) is 3.03. The van der Waals surface area contributed by atoms with Gasteiger partial charge in [0, 0.05) is 18.8 Å². The number of ether oxygens (including phenoxy) is 1. The number of nitrogens with zero attached hydrogens (tertiary/aromatic N) is 1. The highest BCUT2D eigenvalue weighted by atomic mass is 19.1. The van der Waals surface area contributed by atoms with Gasteiger partial charge in [-0.15, -0.1) is 0 Å². The quantitative estimate of drug-likeness (QED) is 0.900. The normalized spacial score (nSPS) is 10.4. The molecule has 0 aliphatic carbocycles. The van der Waals surface area contributed by atoms with Crippen molar-refractivity contribution >= 4 is 0 Å². The molecule has 2 rings (SSSR count). The fraction of sp³-hybridized carbons (Fsp3) is 0.214. The lowest BCUT2D eigenvalue weighted by Gasteiger charge is -2.09. The number of halogens is 1. The van der Waals surface area contributed by atoms with Gasteiger partial charge in [-0.2, -0.15) is 0 Å². The topological polar surface area (TPSA) is 34.1 Å².